The number of ether oxygens (including phenoxy) is 1. The van der Waals surface area contributed by atoms with Crippen molar-refractivity contribution in [3.63, 3.8) is 0 Å². The highest BCUT2D eigenvalue weighted by atomic mass is 16.5. The average Bonchev–Trinajstić information content (AvgIpc) is 3.46. The van der Waals surface area contributed by atoms with Gasteiger partial charge in [-0.15, -0.1) is 0 Å². The lowest BCUT2D eigenvalue weighted by molar-refractivity contribution is 0.102. The molecule has 0 saturated carbocycles. The molecule has 2 aromatic carbocycles. The van der Waals surface area contributed by atoms with Crippen LogP contribution in [0.25, 0.3) is 11.3 Å². The lowest BCUT2D eigenvalue weighted by Gasteiger charge is -2.06. The second kappa shape index (κ2) is 8.39. The topological polar surface area (TPSA) is 73.5 Å². The number of nitrogens with one attached hydrogen (secondary N) is 1. The van der Waals surface area contributed by atoms with Gasteiger partial charge in [0.15, 0.2) is 5.82 Å². The first-order valence-electron chi connectivity index (χ1n) is 10.2. The Balaban J connectivity index is 1.21. The van der Waals surface area contributed by atoms with E-state index in [-0.39, 0.29) is 5.91 Å². The Labute approximate surface area is 184 Å². The van der Waals surface area contributed by atoms with E-state index in [1.54, 1.807) is 35.0 Å². The van der Waals surface area contributed by atoms with Gasteiger partial charge in [0.25, 0.3) is 5.91 Å². The van der Waals surface area contributed by atoms with E-state index in [9.17, 15) is 4.79 Å². The Morgan fingerprint density at radius 3 is 2.56 bits per heavy atom. The van der Waals surface area contributed by atoms with Crippen LogP contribution in [-0.2, 0) is 6.61 Å². The van der Waals surface area contributed by atoms with Gasteiger partial charge in [-0.25, -0.2) is 9.67 Å². The molecule has 0 aliphatic heterocycles. The van der Waals surface area contributed by atoms with Crippen molar-refractivity contribution in [3.05, 3.63) is 108 Å². The molecular weight excluding hydrogens is 402 g/mol. The van der Waals surface area contributed by atoms with E-state index in [0.29, 0.717) is 23.7 Å². The summed E-state index contributed by atoms with van der Waals surface area (Å²) in [5.74, 6) is 0.927. The van der Waals surface area contributed by atoms with E-state index in [0.717, 1.165) is 22.6 Å². The Bertz CT molecular complexity index is 1370. The lowest BCUT2D eigenvalue weighted by Crippen LogP contribution is -2.12. The van der Waals surface area contributed by atoms with Crippen molar-refractivity contribution in [1.82, 2.24) is 19.2 Å². The molecule has 7 nitrogen and oxygen atoms in total. The first-order chi connectivity index (χ1) is 15.7. The van der Waals surface area contributed by atoms with Gasteiger partial charge in [-0.05, 0) is 55.0 Å². The Morgan fingerprint density at radius 2 is 1.78 bits per heavy atom. The predicted octanol–water partition coefficient (Wildman–Crippen LogP) is 4.66. The van der Waals surface area contributed by atoms with E-state index < -0.39 is 0 Å². The molecule has 0 aliphatic carbocycles. The van der Waals surface area contributed by atoms with E-state index >= 15 is 0 Å². The van der Waals surface area contributed by atoms with Crippen molar-refractivity contribution >= 4 is 17.4 Å². The summed E-state index contributed by atoms with van der Waals surface area (Å²) in [6, 6.07) is 22.5. The van der Waals surface area contributed by atoms with Crippen molar-refractivity contribution in [1.29, 1.82) is 0 Å². The summed E-state index contributed by atoms with van der Waals surface area (Å²) >= 11 is 0. The second-order valence-electron chi connectivity index (χ2n) is 7.40. The number of pyridine rings is 1. The molecule has 3 aromatic heterocycles. The summed E-state index contributed by atoms with van der Waals surface area (Å²) in [6.45, 7) is 2.38. The van der Waals surface area contributed by atoms with Crippen LogP contribution in [0, 0.1) is 6.92 Å². The summed E-state index contributed by atoms with van der Waals surface area (Å²) in [7, 11) is 0. The number of para-hydroxylation sites is 1. The van der Waals surface area contributed by atoms with Gasteiger partial charge in [0.2, 0.25) is 0 Å². The molecule has 0 saturated heterocycles. The number of anilines is 1. The molecule has 0 fully saturated rings. The maximum atomic E-state index is 12.6. The van der Waals surface area contributed by atoms with Crippen LogP contribution < -0.4 is 10.1 Å². The highest BCUT2D eigenvalue weighted by Crippen LogP contribution is 2.17. The number of nitrogens with zero attached hydrogens (tertiary/aromatic N) is 4. The number of aryl methyl sites for hydroxylation is 1. The van der Waals surface area contributed by atoms with Crippen LogP contribution in [0.15, 0.2) is 91.4 Å². The predicted molar refractivity (Wildman–Crippen MR) is 122 cm³/mol. The number of hydrogen-bond acceptors (Lipinski definition) is 4. The van der Waals surface area contributed by atoms with Gasteiger partial charge in [0, 0.05) is 30.2 Å². The van der Waals surface area contributed by atoms with Crippen LogP contribution in [-0.4, -0.2) is 25.1 Å². The summed E-state index contributed by atoms with van der Waals surface area (Å²) in [5, 5.41) is 7.22. The smallest absolute Gasteiger partial charge is 0.256 e. The Hall–Kier alpha value is -4.39. The Morgan fingerprint density at radius 1 is 0.969 bits per heavy atom. The number of fused-ring (bicyclic) bond motifs is 1. The number of aromatic nitrogens is 4. The lowest BCUT2D eigenvalue weighted by atomic mass is 10.2. The van der Waals surface area contributed by atoms with Gasteiger partial charge in [-0.3, -0.25) is 4.79 Å². The molecule has 5 rings (SSSR count). The summed E-state index contributed by atoms with van der Waals surface area (Å²) in [6.07, 6.45) is 5.73. The molecule has 3 heterocycles. The van der Waals surface area contributed by atoms with Gasteiger partial charge in [-0.2, -0.15) is 5.10 Å². The molecule has 5 aromatic rings. The maximum Gasteiger partial charge on any atom is 0.256 e. The number of rotatable bonds is 6. The number of imidazole rings is 1. The van der Waals surface area contributed by atoms with Crippen LogP contribution in [0.3, 0.4) is 0 Å². The average molecular weight is 423 g/mol. The molecule has 0 radical (unpaired) electrons. The fourth-order valence-corrected chi connectivity index (χ4v) is 3.44. The van der Waals surface area contributed by atoms with Gasteiger partial charge in [0.1, 0.15) is 18.0 Å². The minimum Gasteiger partial charge on any atom is -0.487 e. The van der Waals surface area contributed by atoms with E-state index in [2.05, 4.69) is 15.4 Å². The molecule has 158 valence electrons. The first-order valence-corrected chi connectivity index (χ1v) is 10.2. The van der Waals surface area contributed by atoms with Crippen molar-refractivity contribution in [2.24, 2.45) is 0 Å². The maximum absolute atomic E-state index is 12.6. The van der Waals surface area contributed by atoms with Crippen LogP contribution >= 0.6 is 0 Å². The molecule has 7 heteroatoms. The molecule has 0 spiro atoms. The van der Waals surface area contributed by atoms with E-state index in [1.165, 1.54) is 0 Å². The molecule has 32 heavy (non-hydrogen) atoms. The molecule has 1 N–H and O–H groups in total. The molecule has 0 atom stereocenters. The highest BCUT2D eigenvalue weighted by Gasteiger charge is 2.10. The minimum atomic E-state index is -0.231. The first kappa shape index (κ1) is 19.6. The van der Waals surface area contributed by atoms with Crippen molar-refractivity contribution < 1.29 is 9.53 Å². The minimum absolute atomic E-state index is 0.231. The van der Waals surface area contributed by atoms with Crippen LogP contribution in [0.2, 0.25) is 0 Å². The molecule has 0 bridgehead atoms. The van der Waals surface area contributed by atoms with Gasteiger partial charge in [0.05, 0.1) is 11.4 Å². The van der Waals surface area contributed by atoms with Crippen LogP contribution in [0.4, 0.5) is 5.82 Å². The summed E-state index contributed by atoms with van der Waals surface area (Å²) in [5.41, 5.74) is 4.33. The molecule has 0 unspecified atom stereocenters. The quantitative estimate of drug-likeness (QED) is 0.431. The summed E-state index contributed by atoms with van der Waals surface area (Å²) in [4.78, 5) is 17.2. The van der Waals surface area contributed by atoms with Crippen molar-refractivity contribution in [2.45, 2.75) is 13.5 Å². The van der Waals surface area contributed by atoms with Crippen LogP contribution in [0.5, 0.6) is 5.75 Å². The number of hydrogen-bond donors (Lipinski definition) is 1. The van der Waals surface area contributed by atoms with E-state index in [4.69, 9.17) is 4.74 Å². The van der Waals surface area contributed by atoms with Crippen molar-refractivity contribution in [2.75, 3.05) is 5.32 Å². The zero-order valence-electron chi connectivity index (χ0n) is 17.5. The number of amides is 1. The van der Waals surface area contributed by atoms with E-state index in [1.807, 2.05) is 72.4 Å². The number of benzene rings is 2. The largest absolute Gasteiger partial charge is 0.487 e. The fraction of sp³-hybridized carbons (Fsp3) is 0.0800. The Kier molecular flexibility index (Phi) is 5.13. The third kappa shape index (κ3) is 4.09. The summed E-state index contributed by atoms with van der Waals surface area (Å²) < 4.78 is 9.55. The highest BCUT2D eigenvalue weighted by molar-refractivity contribution is 6.03. The molecule has 0 aliphatic rings. The van der Waals surface area contributed by atoms with Crippen LogP contribution in [0.1, 0.15) is 21.6 Å². The standard InChI is InChI=1S/C25H21N5O2/c1-18-6-5-14-29-16-20(26-24(18)29)17-32-22-11-9-19(10-12-22)25(31)27-23-13-15-30(28-23)21-7-3-2-4-8-21/h2-16H,17H2,1H3,(H,27,28,31). The van der Waals surface area contributed by atoms with Gasteiger partial charge < -0.3 is 14.5 Å². The monoisotopic (exact) mass is 423 g/mol. The van der Waals surface area contributed by atoms with Gasteiger partial charge >= 0.3 is 0 Å². The normalized spacial score (nSPS) is 10.9. The fourth-order valence-electron chi connectivity index (χ4n) is 3.44. The zero-order valence-corrected chi connectivity index (χ0v) is 17.5. The zero-order chi connectivity index (χ0) is 21.9. The molecular formula is C25H21N5O2. The third-order valence-electron chi connectivity index (χ3n) is 5.08. The van der Waals surface area contributed by atoms with Gasteiger partial charge in [-0.1, -0.05) is 24.3 Å². The second-order valence-corrected chi connectivity index (χ2v) is 7.40. The van der Waals surface area contributed by atoms with Crippen molar-refractivity contribution in [3.8, 4) is 11.4 Å². The third-order valence-corrected chi connectivity index (χ3v) is 5.08. The number of carbonyl (C=O) groups excluding carboxylic acids is 1. The molecule has 1 amide bonds. The SMILES string of the molecule is Cc1cccn2cc(COc3ccc(C(=O)Nc4ccn(-c5ccccc5)n4)cc3)nc12. The number of carbonyl (C=O) groups is 1.